The van der Waals surface area contributed by atoms with Crippen LogP contribution in [0.3, 0.4) is 0 Å². The molecule has 2 heterocycles. The first-order valence-corrected chi connectivity index (χ1v) is 5.31. The first-order valence-electron chi connectivity index (χ1n) is 5.31. The molecule has 1 fully saturated rings. The molecule has 2 N–H and O–H groups in total. The maximum Gasteiger partial charge on any atom is 0.0140 e. The van der Waals surface area contributed by atoms with Crippen LogP contribution in [-0.4, -0.2) is 17.6 Å². The van der Waals surface area contributed by atoms with Gasteiger partial charge in [-0.25, -0.2) is 0 Å². The second-order valence-corrected chi connectivity index (χ2v) is 4.38. The summed E-state index contributed by atoms with van der Waals surface area (Å²) >= 11 is 0. The standard InChI is InChI=1S/C11H16N2/c1-2-8-4-9-6-12-7-10(9)5-11(8)13-3-1/h6-8,11-13H,1-5H2/t8-,11?/m1/s1. The minimum Gasteiger partial charge on any atom is -0.367 e. The van der Waals surface area contributed by atoms with Gasteiger partial charge >= 0.3 is 0 Å². The van der Waals surface area contributed by atoms with Crippen molar-refractivity contribution >= 4 is 0 Å². The average molecular weight is 176 g/mol. The molecule has 2 atom stereocenters. The van der Waals surface area contributed by atoms with Crippen LogP contribution in [0.2, 0.25) is 0 Å². The lowest BCUT2D eigenvalue weighted by atomic mass is 9.78. The van der Waals surface area contributed by atoms with E-state index in [4.69, 9.17) is 0 Å². The van der Waals surface area contributed by atoms with E-state index in [0.717, 1.165) is 12.0 Å². The molecule has 13 heavy (non-hydrogen) atoms. The SMILES string of the molecule is c1[nH]cc2c1CC1NCCC[C@@H]1C2. The Bertz CT molecular complexity index is 274. The molecular weight excluding hydrogens is 160 g/mol. The highest BCUT2D eigenvalue weighted by Crippen LogP contribution is 2.30. The molecule has 70 valence electrons. The van der Waals surface area contributed by atoms with E-state index in [9.17, 15) is 0 Å². The molecule has 1 aliphatic carbocycles. The molecular formula is C11H16N2. The van der Waals surface area contributed by atoms with Crippen molar-refractivity contribution in [2.75, 3.05) is 6.54 Å². The van der Waals surface area contributed by atoms with E-state index in [1.807, 2.05) is 0 Å². The van der Waals surface area contributed by atoms with Crippen LogP contribution in [0, 0.1) is 5.92 Å². The third kappa shape index (κ3) is 1.20. The Morgan fingerprint density at radius 3 is 2.92 bits per heavy atom. The van der Waals surface area contributed by atoms with E-state index in [1.165, 1.54) is 37.8 Å². The van der Waals surface area contributed by atoms with Crippen LogP contribution >= 0.6 is 0 Å². The highest BCUT2D eigenvalue weighted by Gasteiger charge is 2.30. The Labute approximate surface area is 78.7 Å². The fourth-order valence-corrected chi connectivity index (χ4v) is 2.83. The van der Waals surface area contributed by atoms with Crippen LogP contribution in [0.15, 0.2) is 12.4 Å². The molecule has 2 nitrogen and oxygen atoms in total. The number of hydrogen-bond acceptors (Lipinski definition) is 1. The number of nitrogens with one attached hydrogen (secondary N) is 2. The van der Waals surface area contributed by atoms with Gasteiger partial charge in [-0.3, -0.25) is 0 Å². The molecule has 0 aromatic carbocycles. The molecule has 1 aliphatic heterocycles. The minimum absolute atomic E-state index is 0.761. The second kappa shape index (κ2) is 2.88. The number of hydrogen-bond donors (Lipinski definition) is 2. The van der Waals surface area contributed by atoms with Gasteiger partial charge in [-0.1, -0.05) is 0 Å². The summed E-state index contributed by atoms with van der Waals surface area (Å²) in [4.78, 5) is 3.22. The van der Waals surface area contributed by atoms with Crippen molar-refractivity contribution in [1.29, 1.82) is 0 Å². The molecule has 0 amide bonds. The van der Waals surface area contributed by atoms with Crippen molar-refractivity contribution in [2.45, 2.75) is 31.7 Å². The van der Waals surface area contributed by atoms with Gasteiger partial charge in [-0.15, -0.1) is 0 Å². The number of aromatic amines is 1. The van der Waals surface area contributed by atoms with Gasteiger partial charge in [-0.05, 0) is 49.3 Å². The van der Waals surface area contributed by atoms with Gasteiger partial charge in [0.05, 0.1) is 0 Å². The van der Waals surface area contributed by atoms with E-state index in [-0.39, 0.29) is 0 Å². The summed E-state index contributed by atoms with van der Waals surface area (Å²) in [5.74, 6) is 0.900. The monoisotopic (exact) mass is 176 g/mol. The number of aromatic nitrogens is 1. The van der Waals surface area contributed by atoms with Crippen LogP contribution in [0.25, 0.3) is 0 Å². The third-order valence-electron chi connectivity index (χ3n) is 3.58. The third-order valence-corrected chi connectivity index (χ3v) is 3.58. The first kappa shape index (κ1) is 7.63. The molecule has 1 saturated heterocycles. The maximum absolute atomic E-state index is 3.64. The van der Waals surface area contributed by atoms with E-state index in [0.29, 0.717) is 0 Å². The van der Waals surface area contributed by atoms with Crippen molar-refractivity contribution in [3.05, 3.63) is 23.5 Å². The lowest BCUT2D eigenvalue weighted by Crippen LogP contribution is -2.45. The van der Waals surface area contributed by atoms with E-state index < -0.39 is 0 Å². The van der Waals surface area contributed by atoms with Gasteiger partial charge in [0.25, 0.3) is 0 Å². The molecule has 2 aliphatic rings. The van der Waals surface area contributed by atoms with Gasteiger partial charge in [0.2, 0.25) is 0 Å². The summed E-state index contributed by atoms with van der Waals surface area (Å²) in [6, 6.07) is 0.761. The number of H-pyrrole nitrogens is 1. The lowest BCUT2D eigenvalue weighted by molar-refractivity contribution is 0.264. The van der Waals surface area contributed by atoms with Crippen LogP contribution < -0.4 is 5.32 Å². The average Bonchev–Trinajstić information content (AvgIpc) is 2.61. The van der Waals surface area contributed by atoms with Crippen molar-refractivity contribution < 1.29 is 0 Å². The van der Waals surface area contributed by atoms with Gasteiger partial charge in [0, 0.05) is 18.4 Å². The number of rotatable bonds is 0. The van der Waals surface area contributed by atoms with Gasteiger partial charge in [0.15, 0.2) is 0 Å². The highest BCUT2D eigenvalue weighted by molar-refractivity contribution is 5.28. The lowest BCUT2D eigenvalue weighted by Gasteiger charge is -2.36. The molecule has 2 heteroatoms. The summed E-state index contributed by atoms with van der Waals surface area (Å²) in [5.41, 5.74) is 3.10. The van der Waals surface area contributed by atoms with Crippen LogP contribution in [-0.2, 0) is 12.8 Å². The van der Waals surface area contributed by atoms with E-state index in [1.54, 1.807) is 5.56 Å². The van der Waals surface area contributed by atoms with Crippen molar-refractivity contribution in [3.8, 4) is 0 Å². The summed E-state index contributed by atoms with van der Waals surface area (Å²) in [6.07, 6.45) is 9.66. The van der Waals surface area contributed by atoms with Crippen LogP contribution in [0.4, 0.5) is 0 Å². The van der Waals surface area contributed by atoms with E-state index >= 15 is 0 Å². The Kier molecular flexibility index (Phi) is 1.69. The first-order chi connectivity index (χ1) is 6.43. The molecule has 0 saturated carbocycles. The van der Waals surface area contributed by atoms with Crippen LogP contribution in [0.1, 0.15) is 24.0 Å². The second-order valence-electron chi connectivity index (χ2n) is 4.38. The van der Waals surface area contributed by atoms with Gasteiger partial charge < -0.3 is 10.3 Å². The quantitative estimate of drug-likeness (QED) is 0.615. The molecule has 1 unspecified atom stereocenters. The maximum atomic E-state index is 3.64. The highest BCUT2D eigenvalue weighted by atomic mass is 14.9. The van der Waals surface area contributed by atoms with Gasteiger partial charge in [0.1, 0.15) is 0 Å². The Balaban J connectivity index is 1.89. The minimum atomic E-state index is 0.761. The Hall–Kier alpha value is -0.760. The zero-order valence-electron chi connectivity index (χ0n) is 7.84. The predicted octanol–water partition coefficient (Wildman–Crippen LogP) is 1.48. The normalized spacial score (nSPS) is 32.3. The molecule has 0 bridgehead atoms. The largest absolute Gasteiger partial charge is 0.367 e. The molecule has 1 aromatic rings. The topological polar surface area (TPSA) is 27.8 Å². The number of piperidine rings is 1. The molecule has 3 rings (SSSR count). The molecule has 0 radical (unpaired) electrons. The van der Waals surface area contributed by atoms with Crippen LogP contribution in [0.5, 0.6) is 0 Å². The van der Waals surface area contributed by atoms with E-state index in [2.05, 4.69) is 22.7 Å². The Morgan fingerprint density at radius 2 is 2.00 bits per heavy atom. The summed E-state index contributed by atoms with van der Waals surface area (Å²) in [6.45, 7) is 1.22. The fraction of sp³-hybridized carbons (Fsp3) is 0.636. The van der Waals surface area contributed by atoms with Gasteiger partial charge in [-0.2, -0.15) is 0 Å². The zero-order chi connectivity index (χ0) is 8.67. The summed E-state index contributed by atoms with van der Waals surface area (Å²) in [5, 5.41) is 3.64. The molecule has 1 aromatic heterocycles. The summed E-state index contributed by atoms with van der Waals surface area (Å²) in [7, 11) is 0. The van der Waals surface area contributed by atoms with Crippen molar-refractivity contribution in [1.82, 2.24) is 10.3 Å². The number of fused-ring (bicyclic) bond motifs is 2. The van der Waals surface area contributed by atoms with Crippen molar-refractivity contribution in [3.63, 3.8) is 0 Å². The molecule has 0 spiro atoms. The zero-order valence-corrected chi connectivity index (χ0v) is 7.84. The predicted molar refractivity (Wildman–Crippen MR) is 52.7 cm³/mol. The smallest absolute Gasteiger partial charge is 0.0140 e. The van der Waals surface area contributed by atoms with Crippen molar-refractivity contribution in [2.24, 2.45) is 5.92 Å². The fourth-order valence-electron chi connectivity index (χ4n) is 2.83. The summed E-state index contributed by atoms with van der Waals surface area (Å²) < 4.78 is 0. The Morgan fingerprint density at radius 1 is 1.15 bits per heavy atom.